The minimum atomic E-state index is -4.28. The van der Waals surface area contributed by atoms with Gasteiger partial charge in [-0.05, 0) is 30.5 Å². The first-order valence-corrected chi connectivity index (χ1v) is 8.04. The number of hydrogen-bond donors (Lipinski definition) is 1. The van der Waals surface area contributed by atoms with Crippen molar-refractivity contribution in [2.24, 2.45) is 10.9 Å². The van der Waals surface area contributed by atoms with Crippen LogP contribution in [0, 0.1) is 5.92 Å². The summed E-state index contributed by atoms with van der Waals surface area (Å²) in [5.41, 5.74) is 0.251. The summed E-state index contributed by atoms with van der Waals surface area (Å²) in [7, 11) is 3.45. The van der Waals surface area contributed by atoms with Gasteiger partial charge in [-0.25, -0.2) is 0 Å². The van der Waals surface area contributed by atoms with Crippen LogP contribution in [0.4, 0.5) is 13.2 Å². The lowest BCUT2D eigenvalue weighted by molar-refractivity contribution is -0.137. The highest BCUT2D eigenvalue weighted by Gasteiger charge is 2.30. The van der Waals surface area contributed by atoms with E-state index in [-0.39, 0.29) is 0 Å². The summed E-state index contributed by atoms with van der Waals surface area (Å²) >= 11 is 0. The highest BCUT2D eigenvalue weighted by molar-refractivity contribution is 5.80. The molecule has 2 rings (SSSR count). The minimum Gasteiger partial charge on any atom is -0.384 e. The lowest BCUT2D eigenvalue weighted by Crippen LogP contribution is -2.41. The number of nitrogens with zero attached hydrogens (tertiary/aromatic N) is 2. The molecule has 24 heavy (non-hydrogen) atoms. The van der Waals surface area contributed by atoms with Crippen LogP contribution in [0.1, 0.15) is 17.5 Å². The van der Waals surface area contributed by atoms with E-state index < -0.39 is 11.7 Å². The van der Waals surface area contributed by atoms with E-state index in [1.807, 2.05) is 0 Å². The summed E-state index contributed by atoms with van der Waals surface area (Å²) in [4.78, 5) is 6.48. The molecule has 0 aliphatic carbocycles. The number of likely N-dealkylation sites (tertiary alicyclic amines) is 1. The van der Waals surface area contributed by atoms with Gasteiger partial charge in [0.1, 0.15) is 0 Å². The maximum absolute atomic E-state index is 12.5. The lowest BCUT2D eigenvalue weighted by Gasteiger charge is -2.21. The van der Waals surface area contributed by atoms with Gasteiger partial charge in [-0.3, -0.25) is 4.99 Å². The molecule has 7 heteroatoms. The summed E-state index contributed by atoms with van der Waals surface area (Å²) in [6.07, 6.45) is -2.56. The van der Waals surface area contributed by atoms with Crippen molar-refractivity contribution in [1.82, 2.24) is 10.2 Å². The number of benzene rings is 1. The van der Waals surface area contributed by atoms with E-state index in [0.717, 1.165) is 49.8 Å². The highest BCUT2D eigenvalue weighted by Crippen LogP contribution is 2.29. The molecule has 0 bridgehead atoms. The maximum atomic E-state index is 12.5. The summed E-state index contributed by atoms with van der Waals surface area (Å²) in [6, 6.07) is 5.30. The van der Waals surface area contributed by atoms with E-state index in [1.165, 1.54) is 12.1 Å². The van der Waals surface area contributed by atoms with Crippen molar-refractivity contribution >= 4 is 5.96 Å². The Kier molecular flexibility index (Phi) is 6.48. The van der Waals surface area contributed by atoms with E-state index in [1.54, 1.807) is 14.2 Å². The standard InChI is InChI=1S/C17H24F3N3O/c1-21-16(23-10-8-14(11-23)12-24-2)22-9-7-13-3-5-15(6-4-13)17(18,19)20/h3-6,14H,7-12H2,1-2H3,(H,21,22). The van der Waals surface area contributed by atoms with E-state index in [4.69, 9.17) is 4.74 Å². The van der Waals surface area contributed by atoms with Gasteiger partial charge in [0.2, 0.25) is 0 Å². The normalized spacial score (nSPS) is 19.0. The van der Waals surface area contributed by atoms with Crippen molar-refractivity contribution < 1.29 is 17.9 Å². The number of halogens is 3. The summed E-state index contributed by atoms with van der Waals surface area (Å²) in [5.74, 6) is 1.35. The molecule has 1 aliphatic rings. The fourth-order valence-electron chi connectivity index (χ4n) is 2.91. The Morgan fingerprint density at radius 1 is 1.33 bits per heavy atom. The third-order valence-electron chi connectivity index (χ3n) is 4.18. The van der Waals surface area contributed by atoms with Gasteiger partial charge in [-0.2, -0.15) is 13.2 Å². The van der Waals surface area contributed by atoms with Gasteiger partial charge in [-0.1, -0.05) is 12.1 Å². The van der Waals surface area contributed by atoms with Gasteiger partial charge >= 0.3 is 6.18 Å². The van der Waals surface area contributed by atoms with Crippen LogP contribution in [0.25, 0.3) is 0 Å². The molecule has 1 unspecified atom stereocenters. The van der Waals surface area contributed by atoms with Crippen LogP contribution in [0.5, 0.6) is 0 Å². The van der Waals surface area contributed by atoms with E-state index in [9.17, 15) is 13.2 Å². The molecular weight excluding hydrogens is 319 g/mol. The molecule has 0 aromatic heterocycles. The van der Waals surface area contributed by atoms with Crippen molar-refractivity contribution in [3.63, 3.8) is 0 Å². The zero-order valence-corrected chi connectivity index (χ0v) is 14.1. The average molecular weight is 343 g/mol. The molecule has 0 radical (unpaired) electrons. The van der Waals surface area contributed by atoms with Crippen LogP contribution < -0.4 is 5.32 Å². The molecule has 0 saturated carbocycles. The van der Waals surface area contributed by atoms with E-state index in [0.29, 0.717) is 18.9 Å². The lowest BCUT2D eigenvalue weighted by atomic mass is 10.1. The number of alkyl halides is 3. The molecule has 1 heterocycles. The van der Waals surface area contributed by atoms with Gasteiger partial charge < -0.3 is 15.0 Å². The minimum absolute atomic E-state index is 0.517. The van der Waals surface area contributed by atoms with E-state index in [2.05, 4.69) is 15.2 Å². The molecule has 1 atom stereocenters. The average Bonchev–Trinajstić information content (AvgIpc) is 3.00. The first-order valence-electron chi connectivity index (χ1n) is 8.04. The summed E-state index contributed by atoms with van der Waals surface area (Å²) in [6.45, 7) is 3.23. The highest BCUT2D eigenvalue weighted by atomic mass is 19.4. The van der Waals surface area contributed by atoms with Crippen LogP contribution in [0.3, 0.4) is 0 Å². The third-order valence-corrected chi connectivity index (χ3v) is 4.18. The van der Waals surface area contributed by atoms with Crippen LogP contribution in [0.15, 0.2) is 29.3 Å². The maximum Gasteiger partial charge on any atom is 0.416 e. The zero-order valence-electron chi connectivity index (χ0n) is 14.1. The van der Waals surface area contributed by atoms with Gasteiger partial charge in [0.25, 0.3) is 0 Å². The Labute approximate surface area is 140 Å². The Hall–Kier alpha value is -1.76. The number of hydrogen-bond acceptors (Lipinski definition) is 2. The molecule has 1 N–H and O–H groups in total. The van der Waals surface area contributed by atoms with E-state index >= 15 is 0 Å². The quantitative estimate of drug-likeness (QED) is 0.660. The number of nitrogens with one attached hydrogen (secondary N) is 1. The molecule has 134 valence electrons. The SMILES string of the molecule is CN=C(NCCc1ccc(C(F)(F)F)cc1)N1CCC(COC)C1. The topological polar surface area (TPSA) is 36.9 Å². The van der Waals surface area contributed by atoms with Crippen molar-refractivity contribution in [2.75, 3.05) is 40.4 Å². The molecule has 1 aliphatic heterocycles. The number of methoxy groups -OCH3 is 1. The predicted octanol–water partition coefficient (Wildman–Crippen LogP) is 2.79. The second kappa shape index (κ2) is 8.37. The Morgan fingerprint density at radius 2 is 2.04 bits per heavy atom. The molecule has 1 aromatic carbocycles. The van der Waals surface area contributed by atoms with Gasteiger partial charge in [-0.15, -0.1) is 0 Å². The van der Waals surface area contributed by atoms with Gasteiger partial charge in [0.15, 0.2) is 5.96 Å². The first kappa shape index (κ1) is 18.6. The number of guanidine groups is 1. The van der Waals surface area contributed by atoms with Gasteiger partial charge in [0.05, 0.1) is 12.2 Å². The first-order chi connectivity index (χ1) is 11.4. The molecule has 1 saturated heterocycles. The molecule has 0 spiro atoms. The summed E-state index contributed by atoms with van der Waals surface area (Å²) < 4.78 is 42.8. The van der Waals surface area contributed by atoms with Crippen LogP contribution in [-0.2, 0) is 17.3 Å². The fourth-order valence-corrected chi connectivity index (χ4v) is 2.91. The zero-order chi connectivity index (χ0) is 17.6. The Balaban J connectivity index is 1.80. The molecule has 1 fully saturated rings. The van der Waals surface area contributed by atoms with Crippen LogP contribution in [-0.4, -0.2) is 51.3 Å². The number of aliphatic imine (C=N–C) groups is 1. The monoisotopic (exact) mass is 343 g/mol. The second-order valence-electron chi connectivity index (χ2n) is 5.97. The molecule has 4 nitrogen and oxygen atoms in total. The smallest absolute Gasteiger partial charge is 0.384 e. The largest absolute Gasteiger partial charge is 0.416 e. The number of ether oxygens (including phenoxy) is 1. The molecule has 0 amide bonds. The molecular formula is C17H24F3N3O. The predicted molar refractivity (Wildman–Crippen MR) is 88.1 cm³/mol. The second-order valence-corrected chi connectivity index (χ2v) is 5.97. The van der Waals surface area contributed by atoms with Crippen LogP contribution in [0.2, 0.25) is 0 Å². The van der Waals surface area contributed by atoms with Crippen molar-refractivity contribution in [1.29, 1.82) is 0 Å². The fraction of sp³-hybridized carbons (Fsp3) is 0.588. The Bertz CT molecular complexity index is 543. The molecule has 1 aromatic rings. The van der Waals surface area contributed by atoms with Crippen LogP contribution >= 0.6 is 0 Å². The van der Waals surface area contributed by atoms with Gasteiger partial charge in [0, 0.05) is 39.7 Å². The van der Waals surface area contributed by atoms with Crippen molar-refractivity contribution in [3.8, 4) is 0 Å². The van der Waals surface area contributed by atoms with Crippen molar-refractivity contribution in [3.05, 3.63) is 35.4 Å². The number of rotatable bonds is 5. The third kappa shape index (κ3) is 5.12. The van der Waals surface area contributed by atoms with Crippen molar-refractivity contribution in [2.45, 2.75) is 19.0 Å². The summed E-state index contributed by atoms with van der Waals surface area (Å²) in [5, 5.41) is 3.28. The Morgan fingerprint density at radius 3 is 2.62 bits per heavy atom.